The summed E-state index contributed by atoms with van der Waals surface area (Å²) in [6, 6.07) is 11.9. The number of ketones is 1. The molecule has 1 aliphatic rings. The van der Waals surface area contributed by atoms with Crippen molar-refractivity contribution in [1.82, 2.24) is 29.6 Å². The van der Waals surface area contributed by atoms with E-state index >= 15 is 0 Å². The third kappa shape index (κ3) is 5.89. The first-order chi connectivity index (χ1) is 18.9. The van der Waals surface area contributed by atoms with E-state index in [1.54, 1.807) is 30.4 Å². The summed E-state index contributed by atoms with van der Waals surface area (Å²) in [5.74, 6) is 2.29. The number of methoxy groups -OCH3 is 1. The Balaban J connectivity index is 1.39. The Hall–Kier alpha value is -4.35. The van der Waals surface area contributed by atoms with Gasteiger partial charge in [0.15, 0.2) is 17.4 Å². The zero-order chi connectivity index (χ0) is 27.4. The number of aryl methyl sites for hydroxylation is 1. The van der Waals surface area contributed by atoms with Crippen molar-refractivity contribution >= 4 is 28.8 Å². The summed E-state index contributed by atoms with van der Waals surface area (Å²) >= 11 is 0. The summed E-state index contributed by atoms with van der Waals surface area (Å²) in [5, 5.41) is 11.0. The van der Waals surface area contributed by atoms with E-state index in [0.717, 1.165) is 30.9 Å². The predicted molar refractivity (Wildman–Crippen MR) is 149 cm³/mol. The molecule has 39 heavy (non-hydrogen) atoms. The number of carbonyl (C=O) groups is 1. The molecule has 5 rings (SSSR count). The van der Waals surface area contributed by atoms with Gasteiger partial charge in [-0.1, -0.05) is 19.1 Å². The normalized spacial score (nSPS) is 13.3. The standard InChI is InChI=1S/C28H32N8O3/c1-5-24(37)21-13-30-26(33-25-10-9-18(12-29-25)14-35(2)19-15-39-16-19)11-23(21)32-22-8-6-7-20(27(22)38-4)28-31-17-36(3)34-28/h6-13,17,19H,5,14-16H2,1-4H3,(H2,29,30,32,33). The zero-order valence-corrected chi connectivity index (χ0v) is 22.5. The first kappa shape index (κ1) is 26.3. The Bertz CT molecular complexity index is 1450. The van der Waals surface area contributed by atoms with Crippen LogP contribution in [0.25, 0.3) is 11.4 Å². The summed E-state index contributed by atoms with van der Waals surface area (Å²) in [6.07, 6.45) is 5.42. The summed E-state index contributed by atoms with van der Waals surface area (Å²) in [6.45, 7) is 4.18. The largest absolute Gasteiger partial charge is 0.494 e. The monoisotopic (exact) mass is 528 g/mol. The molecule has 1 saturated heterocycles. The molecule has 11 nitrogen and oxygen atoms in total. The molecule has 0 spiro atoms. The molecule has 0 saturated carbocycles. The van der Waals surface area contributed by atoms with Crippen molar-refractivity contribution in [3.63, 3.8) is 0 Å². The number of pyridine rings is 2. The van der Waals surface area contributed by atoms with E-state index in [9.17, 15) is 4.79 Å². The van der Waals surface area contributed by atoms with E-state index < -0.39 is 0 Å². The van der Waals surface area contributed by atoms with Gasteiger partial charge in [0, 0.05) is 38.5 Å². The van der Waals surface area contributed by atoms with Gasteiger partial charge in [-0.15, -0.1) is 0 Å². The number of hydrogen-bond donors (Lipinski definition) is 2. The molecule has 1 aromatic carbocycles. The Morgan fingerprint density at radius 2 is 1.92 bits per heavy atom. The van der Waals surface area contributed by atoms with Gasteiger partial charge in [-0.2, -0.15) is 5.10 Å². The van der Waals surface area contributed by atoms with Crippen LogP contribution >= 0.6 is 0 Å². The number of anilines is 4. The van der Waals surface area contributed by atoms with Gasteiger partial charge < -0.3 is 20.1 Å². The van der Waals surface area contributed by atoms with Crippen LogP contribution in [0.1, 0.15) is 29.3 Å². The molecule has 0 atom stereocenters. The number of rotatable bonds is 11. The fraction of sp³-hybridized carbons (Fsp3) is 0.321. The van der Waals surface area contributed by atoms with Crippen LogP contribution in [0.3, 0.4) is 0 Å². The van der Waals surface area contributed by atoms with Crippen molar-refractivity contribution in [2.45, 2.75) is 25.9 Å². The van der Waals surface area contributed by atoms with Crippen LogP contribution in [-0.2, 0) is 18.3 Å². The summed E-state index contributed by atoms with van der Waals surface area (Å²) < 4.78 is 12.7. The van der Waals surface area contributed by atoms with Crippen molar-refractivity contribution in [3.8, 4) is 17.1 Å². The number of carbonyl (C=O) groups excluding carboxylic acids is 1. The molecular formula is C28H32N8O3. The van der Waals surface area contributed by atoms with Crippen LogP contribution in [0.2, 0.25) is 0 Å². The summed E-state index contributed by atoms with van der Waals surface area (Å²) in [4.78, 5) is 28.4. The zero-order valence-electron chi connectivity index (χ0n) is 22.5. The third-order valence-electron chi connectivity index (χ3n) is 6.61. The quantitative estimate of drug-likeness (QED) is 0.274. The van der Waals surface area contributed by atoms with Gasteiger partial charge in [0.05, 0.1) is 48.9 Å². The molecule has 1 aliphatic heterocycles. The van der Waals surface area contributed by atoms with Gasteiger partial charge >= 0.3 is 0 Å². The van der Waals surface area contributed by atoms with Crippen molar-refractivity contribution in [3.05, 3.63) is 66.2 Å². The fourth-order valence-corrected chi connectivity index (χ4v) is 4.30. The predicted octanol–water partition coefficient (Wildman–Crippen LogP) is 4.19. The highest BCUT2D eigenvalue weighted by Crippen LogP contribution is 2.37. The molecule has 0 amide bonds. The van der Waals surface area contributed by atoms with Crippen LogP contribution in [0.4, 0.5) is 23.0 Å². The Labute approximate surface area is 227 Å². The topological polar surface area (TPSA) is 119 Å². The van der Waals surface area contributed by atoms with E-state index in [0.29, 0.717) is 52.6 Å². The average Bonchev–Trinajstić information content (AvgIpc) is 3.34. The van der Waals surface area contributed by atoms with Gasteiger partial charge in [-0.3, -0.25) is 14.4 Å². The van der Waals surface area contributed by atoms with Crippen LogP contribution in [0.15, 0.2) is 55.1 Å². The number of aromatic nitrogens is 5. The molecule has 4 heterocycles. The van der Waals surface area contributed by atoms with E-state index in [1.807, 2.05) is 50.5 Å². The summed E-state index contributed by atoms with van der Waals surface area (Å²) in [7, 11) is 5.50. The number of likely N-dealkylation sites (N-methyl/N-ethyl adjacent to an activating group) is 1. The Morgan fingerprint density at radius 1 is 1.10 bits per heavy atom. The lowest BCUT2D eigenvalue weighted by Crippen LogP contribution is -2.46. The number of Topliss-reactive ketones (excluding diaryl/α,β-unsaturated/α-hetero) is 1. The third-order valence-corrected chi connectivity index (χ3v) is 6.61. The van der Waals surface area contributed by atoms with Crippen molar-refractivity contribution in [2.24, 2.45) is 7.05 Å². The maximum absolute atomic E-state index is 12.8. The maximum atomic E-state index is 12.8. The SMILES string of the molecule is CCC(=O)c1cnc(Nc2ccc(CN(C)C3COC3)cn2)cc1Nc1cccc(-c2ncn(C)n2)c1OC. The summed E-state index contributed by atoms with van der Waals surface area (Å²) in [5.41, 5.74) is 3.61. The highest BCUT2D eigenvalue weighted by Gasteiger charge is 2.23. The molecule has 11 heteroatoms. The molecule has 0 aliphatic carbocycles. The average molecular weight is 529 g/mol. The van der Waals surface area contributed by atoms with Crippen molar-refractivity contribution in [2.75, 3.05) is 38.0 Å². The first-order valence-electron chi connectivity index (χ1n) is 12.8. The lowest BCUT2D eigenvalue weighted by atomic mass is 10.1. The highest BCUT2D eigenvalue weighted by atomic mass is 16.5. The van der Waals surface area contributed by atoms with Gasteiger partial charge in [-0.25, -0.2) is 15.0 Å². The van der Waals surface area contributed by atoms with Gasteiger partial charge in [0.1, 0.15) is 18.0 Å². The van der Waals surface area contributed by atoms with E-state index in [4.69, 9.17) is 9.47 Å². The first-order valence-corrected chi connectivity index (χ1v) is 12.8. The molecule has 0 bridgehead atoms. The maximum Gasteiger partial charge on any atom is 0.184 e. The number of nitrogens with zero attached hydrogens (tertiary/aromatic N) is 6. The molecule has 2 N–H and O–H groups in total. The van der Waals surface area contributed by atoms with Gasteiger partial charge in [0.25, 0.3) is 0 Å². The minimum absolute atomic E-state index is 0.0264. The van der Waals surface area contributed by atoms with Gasteiger partial charge in [0.2, 0.25) is 0 Å². The number of para-hydroxylation sites is 1. The number of ether oxygens (including phenoxy) is 2. The number of benzene rings is 1. The molecule has 3 aromatic heterocycles. The van der Waals surface area contributed by atoms with Crippen LogP contribution in [0.5, 0.6) is 5.75 Å². The Morgan fingerprint density at radius 3 is 2.56 bits per heavy atom. The lowest BCUT2D eigenvalue weighted by molar-refractivity contribution is -0.0586. The van der Waals surface area contributed by atoms with E-state index in [-0.39, 0.29) is 5.78 Å². The van der Waals surface area contributed by atoms with Crippen LogP contribution < -0.4 is 15.4 Å². The minimum atomic E-state index is -0.0264. The highest BCUT2D eigenvalue weighted by molar-refractivity contribution is 6.02. The van der Waals surface area contributed by atoms with Crippen LogP contribution in [-0.4, -0.2) is 68.8 Å². The second-order valence-electron chi connectivity index (χ2n) is 9.43. The van der Waals surface area contributed by atoms with Gasteiger partial charge in [-0.05, 0) is 30.8 Å². The lowest BCUT2D eigenvalue weighted by Gasteiger charge is -2.34. The molecule has 202 valence electrons. The number of nitrogens with one attached hydrogen (secondary N) is 2. The molecule has 4 aromatic rings. The fourth-order valence-electron chi connectivity index (χ4n) is 4.30. The number of hydrogen-bond acceptors (Lipinski definition) is 10. The molecular weight excluding hydrogens is 496 g/mol. The molecule has 0 radical (unpaired) electrons. The second-order valence-corrected chi connectivity index (χ2v) is 9.43. The second kappa shape index (κ2) is 11.6. The Kier molecular flexibility index (Phi) is 7.80. The smallest absolute Gasteiger partial charge is 0.184 e. The van der Waals surface area contributed by atoms with Crippen LogP contribution in [0, 0.1) is 0 Å². The van der Waals surface area contributed by atoms with Crippen molar-refractivity contribution < 1.29 is 14.3 Å². The minimum Gasteiger partial charge on any atom is -0.494 e. The molecule has 1 fully saturated rings. The van der Waals surface area contributed by atoms with Crippen molar-refractivity contribution in [1.29, 1.82) is 0 Å². The van der Waals surface area contributed by atoms with E-state index in [1.165, 1.54) is 0 Å². The molecule has 0 unspecified atom stereocenters. The van der Waals surface area contributed by atoms with E-state index in [2.05, 4.69) is 42.6 Å².